The highest BCUT2D eigenvalue weighted by atomic mass is 32.2. The number of hydrogen-bond donors (Lipinski definition) is 1. The fraction of sp³-hybridized carbons (Fsp3) is 0.462. The molecule has 1 aliphatic rings. The topological polar surface area (TPSA) is 24.4 Å². The molecule has 2 nitrogen and oxygen atoms in total. The normalized spacial score (nSPS) is 18.6. The molecule has 2 rings (SSSR count). The quantitative estimate of drug-likeness (QED) is 0.820. The van der Waals surface area contributed by atoms with Gasteiger partial charge in [0.25, 0.3) is 0 Å². The van der Waals surface area contributed by atoms with Gasteiger partial charge < -0.3 is 5.32 Å². The Morgan fingerprint density at radius 1 is 1.29 bits per heavy atom. The van der Waals surface area contributed by atoms with E-state index < -0.39 is 0 Å². The zero-order valence-electron chi connectivity index (χ0n) is 10.5. The lowest BCUT2D eigenvalue weighted by molar-refractivity contribution is 0.438. The molecular formula is C13H18N2S2. The Hall–Kier alpha value is -0.610. The van der Waals surface area contributed by atoms with E-state index in [9.17, 15) is 0 Å². The first-order chi connectivity index (χ1) is 8.09. The first kappa shape index (κ1) is 12.8. The molecule has 0 spiro atoms. The summed E-state index contributed by atoms with van der Waals surface area (Å²) in [5.74, 6) is 1.13. The molecular weight excluding hydrogens is 248 g/mol. The highest BCUT2D eigenvalue weighted by Crippen LogP contribution is 2.28. The van der Waals surface area contributed by atoms with E-state index in [2.05, 4.69) is 54.7 Å². The zero-order valence-corrected chi connectivity index (χ0v) is 12.1. The van der Waals surface area contributed by atoms with Gasteiger partial charge in [-0.25, -0.2) is 0 Å². The maximum Gasteiger partial charge on any atom is 0.161 e. The summed E-state index contributed by atoms with van der Waals surface area (Å²) in [5.41, 5.74) is 1.45. The molecule has 1 N–H and O–H groups in total. The summed E-state index contributed by atoms with van der Waals surface area (Å²) in [6.07, 6.45) is 2.09. The van der Waals surface area contributed by atoms with Crippen molar-refractivity contribution in [3.8, 4) is 0 Å². The van der Waals surface area contributed by atoms with Gasteiger partial charge in [-0.3, -0.25) is 4.99 Å². The van der Waals surface area contributed by atoms with Gasteiger partial charge >= 0.3 is 0 Å². The maximum absolute atomic E-state index is 4.58. The lowest BCUT2D eigenvalue weighted by Crippen LogP contribution is -2.27. The van der Waals surface area contributed by atoms with Gasteiger partial charge in [-0.15, -0.1) is 11.8 Å². The van der Waals surface area contributed by atoms with Gasteiger partial charge in [-0.1, -0.05) is 25.6 Å². The number of aliphatic imine (C=N–C) groups is 1. The smallest absolute Gasteiger partial charge is 0.161 e. The highest BCUT2D eigenvalue weighted by Gasteiger charge is 2.23. The van der Waals surface area contributed by atoms with Crippen molar-refractivity contribution in [3.05, 3.63) is 24.3 Å². The van der Waals surface area contributed by atoms with Crippen molar-refractivity contribution < 1.29 is 0 Å². The Labute approximate surface area is 112 Å². The van der Waals surface area contributed by atoms with Crippen molar-refractivity contribution in [2.75, 3.05) is 23.9 Å². The minimum absolute atomic E-state index is 0.332. The third-order valence-corrected chi connectivity index (χ3v) is 4.77. The van der Waals surface area contributed by atoms with Gasteiger partial charge in [-0.05, 0) is 35.9 Å². The average Bonchev–Trinajstić information content (AvgIpc) is 2.33. The van der Waals surface area contributed by atoms with Crippen LogP contribution in [-0.4, -0.2) is 23.7 Å². The van der Waals surface area contributed by atoms with E-state index >= 15 is 0 Å². The molecule has 1 aromatic carbocycles. The van der Waals surface area contributed by atoms with E-state index in [1.54, 1.807) is 11.8 Å². The predicted octanol–water partition coefficient (Wildman–Crippen LogP) is 3.95. The Morgan fingerprint density at radius 2 is 2.00 bits per heavy atom. The van der Waals surface area contributed by atoms with Crippen molar-refractivity contribution in [2.24, 2.45) is 10.4 Å². The van der Waals surface area contributed by atoms with Gasteiger partial charge in [0.05, 0.1) is 0 Å². The number of thioether (sulfide) groups is 2. The molecule has 0 amide bonds. The van der Waals surface area contributed by atoms with Gasteiger partial charge in [0, 0.05) is 22.9 Å². The molecule has 1 aromatic rings. The van der Waals surface area contributed by atoms with Gasteiger partial charge in [-0.2, -0.15) is 0 Å². The van der Waals surface area contributed by atoms with Crippen LogP contribution in [0.2, 0.25) is 0 Å². The molecule has 92 valence electrons. The molecule has 0 saturated carbocycles. The SMILES string of the molecule is CSc1ccc(NC2=NCC(C)(C)CS2)cc1. The van der Waals surface area contributed by atoms with Crippen molar-refractivity contribution in [2.45, 2.75) is 18.7 Å². The van der Waals surface area contributed by atoms with Crippen LogP contribution in [-0.2, 0) is 0 Å². The summed E-state index contributed by atoms with van der Waals surface area (Å²) in [6.45, 7) is 5.42. The summed E-state index contributed by atoms with van der Waals surface area (Å²) in [5, 5.41) is 4.42. The van der Waals surface area contributed by atoms with Crippen LogP contribution in [0, 0.1) is 5.41 Å². The zero-order chi connectivity index (χ0) is 12.3. The Balaban J connectivity index is 1.99. The van der Waals surface area contributed by atoms with E-state index in [0.717, 1.165) is 23.2 Å². The molecule has 0 unspecified atom stereocenters. The summed E-state index contributed by atoms with van der Waals surface area (Å²) >= 11 is 3.57. The fourth-order valence-electron chi connectivity index (χ4n) is 1.51. The van der Waals surface area contributed by atoms with Gasteiger partial charge in [0.2, 0.25) is 0 Å². The van der Waals surface area contributed by atoms with E-state index in [4.69, 9.17) is 0 Å². The largest absolute Gasteiger partial charge is 0.335 e. The Bertz CT molecular complexity index is 410. The van der Waals surface area contributed by atoms with E-state index in [1.165, 1.54) is 4.90 Å². The minimum atomic E-state index is 0.332. The first-order valence-corrected chi connectivity index (χ1v) is 7.88. The van der Waals surface area contributed by atoms with E-state index in [1.807, 2.05) is 11.8 Å². The molecule has 0 fully saturated rings. The molecule has 4 heteroatoms. The van der Waals surface area contributed by atoms with Crippen molar-refractivity contribution >= 4 is 34.4 Å². The van der Waals surface area contributed by atoms with E-state index in [0.29, 0.717) is 5.41 Å². The third-order valence-electron chi connectivity index (χ3n) is 2.59. The number of amidine groups is 1. The summed E-state index contributed by atoms with van der Waals surface area (Å²) in [6, 6.07) is 8.47. The third kappa shape index (κ3) is 3.68. The van der Waals surface area contributed by atoms with Crippen LogP contribution >= 0.6 is 23.5 Å². The summed E-state index contributed by atoms with van der Waals surface area (Å²) in [7, 11) is 0. The first-order valence-electron chi connectivity index (χ1n) is 5.67. The standard InChI is InChI=1S/C13H18N2S2/c1-13(2)8-14-12(17-9-13)15-10-4-6-11(16-3)7-5-10/h4-7H,8-9H2,1-3H3,(H,14,15). The van der Waals surface area contributed by atoms with Crippen LogP contribution in [0.4, 0.5) is 5.69 Å². The number of anilines is 1. The van der Waals surface area contributed by atoms with Crippen LogP contribution in [0.3, 0.4) is 0 Å². The molecule has 0 bridgehead atoms. The van der Waals surface area contributed by atoms with Crippen LogP contribution in [0.1, 0.15) is 13.8 Å². The summed E-state index contributed by atoms with van der Waals surface area (Å²) in [4.78, 5) is 5.87. The molecule has 0 radical (unpaired) electrons. The second-order valence-electron chi connectivity index (χ2n) is 4.93. The predicted molar refractivity (Wildman–Crippen MR) is 80.4 cm³/mol. The fourth-order valence-corrected chi connectivity index (χ4v) is 2.89. The van der Waals surface area contributed by atoms with Gasteiger partial charge in [0.15, 0.2) is 5.17 Å². The molecule has 0 saturated heterocycles. The number of rotatable bonds is 2. The molecule has 17 heavy (non-hydrogen) atoms. The Kier molecular flexibility index (Phi) is 4.05. The molecule has 0 aliphatic carbocycles. The van der Waals surface area contributed by atoms with E-state index in [-0.39, 0.29) is 0 Å². The number of nitrogens with zero attached hydrogens (tertiary/aromatic N) is 1. The molecule has 1 aliphatic heterocycles. The maximum atomic E-state index is 4.58. The second kappa shape index (κ2) is 5.36. The van der Waals surface area contributed by atoms with Crippen LogP contribution in [0.25, 0.3) is 0 Å². The molecule has 0 aromatic heterocycles. The van der Waals surface area contributed by atoms with Crippen molar-refractivity contribution in [1.29, 1.82) is 0 Å². The number of benzene rings is 1. The van der Waals surface area contributed by atoms with Crippen LogP contribution in [0.5, 0.6) is 0 Å². The minimum Gasteiger partial charge on any atom is -0.335 e. The second-order valence-corrected chi connectivity index (χ2v) is 6.77. The number of hydrogen-bond acceptors (Lipinski definition) is 4. The highest BCUT2D eigenvalue weighted by molar-refractivity contribution is 8.14. The lowest BCUT2D eigenvalue weighted by atomic mass is 9.97. The van der Waals surface area contributed by atoms with Crippen LogP contribution in [0.15, 0.2) is 34.2 Å². The van der Waals surface area contributed by atoms with Crippen molar-refractivity contribution in [1.82, 2.24) is 0 Å². The Morgan fingerprint density at radius 3 is 2.53 bits per heavy atom. The van der Waals surface area contributed by atoms with Crippen molar-refractivity contribution in [3.63, 3.8) is 0 Å². The number of nitrogens with one attached hydrogen (secondary N) is 1. The van der Waals surface area contributed by atoms with Gasteiger partial charge in [0.1, 0.15) is 0 Å². The average molecular weight is 266 g/mol. The molecule has 0 atom stereocenters. The lowest BCUT2D eigenvalue weighted by Gasteiger charge is -2.27. The summed E-state index contributed by atoms with van der Waals surface area (Å²) < 4.78 is 0. The van der Waals surface area contributed by atoms with Crippen LogP contribution < -0.4 is 5.32 Å². The monoisotopic (exact) mass is 266 g/mol. The molecule has 1 heterocycles.